The topological polar surface area (TPSA) is 33.1 Å². The minimum absolute atomic E-state index is 0.339. The summed E-state index contributed by atoms with van der Waals surface area (Å²) in [5.41, 5.74) is 0.877. The van der Waals surface area contributed by atoms with Crippen LogP contribution in [-0.4, -0.2) is 38.0 Å². The Balaban J connectivity index is 2.89. The van der Waals surface area contributed by atoms with Gasteiger partial charge in [0.1, 0.15) is 0 Å². The summed E-state index contributed by atoms with van der Waals surface area (Å²) in [6.45, 7) is 0. The Morgan fingerprint density at radius 1 is 1.25 bits per heavy atom. The van der Waals surface area contributed by atoms with Crippen molar-refractivity contribution in [2.45, 2.75) is 0 Å². The number of rotatable bonds is 0. The van der Waals surface area contributed by atoms with Crippen LogP contribution in [0.5, 0.6) is 5.75 Å². The second-order valence-electron chi connectivity index (χ2n) is 2.80. The Hall–Kier alpha value is -0.570. The van der Waals surface area contributed by atoms with E-state index in [-0.39, 0.29) is 0 Å². The van der Waals surface area contributed by atoms with Crippen molar-refractivity contribution in [3.05, 3.63) is 30.3 Å². The number of para-hydroxylation sites is 1. The van der Waals surface area contributed by atoms with Gasteiger partial charge in [0, 0.05) is 0 Å². The molecule has 2 rings (SSSR count). The standard InChI is InChI=1S/C9H6NO.Na/c11-9-5-6-10-8-4-2-1-3-7(8)9;/h1-5H,(H,10,11);. The summed E-state index contributed by atoms with van der Waals surface area (Å²) >= 11 is 0.871. The summed E-state index contributed by atoms with van der Waals surface area (Å²) in [5.74, 6) is 0.339. The van der Waals surface area contributed by atoms with Crippen LogP contribution in [0, 0.1) is 0 Å². The summed E-state index contributed by atoms with van der Waals surface area (Å²) in [7, 11) is 0. The third-order valence-electron chi connectivity index (χ3n) is 1.82. The maximum atomic E-state index is 9.53. The fraction of sp³-hybridized carbons (Fsp3) is 0. The minimum atomic E-state index is 0.339. The van der Waals surface area contributed by atoms with Gasteiger partial charge in [-0.05, 0) is 0 Å². The van der Waals surface area contributed by atoms with E-state index in [1.54, 1.807) is 6.07 Å². The molecule has 0 amide bonds. The van der Waals surface area contributed by atoms with Crippen molar-refractivity contribution in [2.75, 3.05) is 0 Å². The van der Waals surface area contributed by atoms with Gasteiger partial charge in [0.2, 0.25) is 0 Å². The molecule has 54 valence electrons. The van der Waals surface area contributed by atoms with E-state index in [4.69, 9.17) is 0 Å². The predicted octanol–water partition coefficient (Wildman–Crippen LogP) is 0.734. The normalized spacial score (nSPS) is 10.5. The van der Waals surface area contributed by atoms with Crippen molar-refractivity contribution >= 4 is 41.8 Å². The fourth-order valence-electron chi connectivity index (χ4n) is 1.29. The van der Waals surface area contributed by atoms with Gasteiger partial charge >= 0.3 is 87.9 Å². The molecule has 0 saturated heterocycles. The molecule has 1 N–H and O–H groups in total. The average molecular weight is 167 g/mol. The first kappa shape index (κ1) is 8.05. The number of aromatic hydroxyl groups is 1. The Morgan fingerprint density at radius 2 is 2.00 bits per heavy atom. The molecule has 2 aromatic rings. The van der Waals surface area contributed by atoms with Gasteiger partial charge < -0.3 is 0 Å². The molecule has 1 heterocycles. The SMILES string of the molecule is Oc1c[c]([Na])nc2ccccc12. The first-order chi connectivity index (χ1) is 5.77. The van der Waals surface area contributed by atoms with Crippen molar-refractivity contribution in [2.24, 2.45) is 0 Å². The molecule has 0 aliphatic rings. The van der Waals surface area contributed by atoms with E-state index in [1.807, 2.05) is 24.3 Å². The molecule has 0 saturated carbocycles. The second kappa shape index (κ2) is 3.05. The zero-order chi connectivity index (χ0) is 8.55. The van der Waals surface area contributed by atoms with Gasteiger partial charge in [0.15, 0.2) is 0 Å². The van der Waals surface area contributed by atoms with Crippen molar-refractivity contribution in [3.8, 4) is 5.75 Å². The number of benzene rings is 1. The molecule has 0 atom stereocenters. The van der Waals surface area contributed by atoms with Crippen LogP contribution in [0.25, 0.3) is 10.9 Å². The van der Waals surface area contributed by atoms with E-state index in [0.717, 1.165) is 41.8 Å². The van der Waals surface area contributed by atoms with Crippen molar-refractivity contribution < 1.29 is 5.11 Å². The van der Waals surface area contributed by atoms with E-state index in [1.165, 1.54) is 0 Å². The Kier molecular flexibility index (Phi) is 2.05. The third kappa shape index (κ3) is 1.33. The molecule has 0 bridgehead atoms. The molecule has 2 nitrogen and oxygen atoms in total. The molecule has 0 aliphatic carbocycles. The summed E-state index contributed by atoms with van der Waals surface area (Å²) in [6, 6.07) is 9.34. The third-order valence-corrected chi connectivity index (χ3v) is 2.33. The van der Waals surface area contributed by atoms with Crippen LogP contribution in [0.4, 0.5) is 0 Å². The molecule has 0 spiro atoms. The monoisotopic (exact) mass is 167 g/mol. The molecule has 1 aromatic heterocycles. The Labute approximate surface area is 87.7 Å². The first-order valence-corrected chi connectivity index (χ1v) is 4.83. The average Bonchev–Trinajstić information content (AvgIpc) is 2.04. The first-order valence-electron chi connectivity index (χ1n) is 3.83. The van der Waals surface area contributed by atoms with Crippen molar-refractivity contribution in [3.63, 3.8) is 0 Å². The van der Waals surface area contributed by atoms with Crippen LogP contribution < -0.4 is 2.94 Å². The van der Waals surface area contributed by atoms with Crippen LogP contribution in [0.3, 0.4) is 0 Å². The molecule has 0 radical (unpaired) electrons. The molecule has 0 fully saturated rings. The Morgan fingerprint density at radius 3 is 2.83 bits per heavy atom. The van der Waals surface area contributed by atoms with E-state index in [9.17, 15) is 5.11 Å². The number of fused-ring (bicyclic) bond motifs is 1. The molecule has 0 unspecified atom stereocenters. The summed E-state index contributed by atoms with van der Waals surface area (Å²) in [6.07, 6.45) is 0. The van der Waals surface area contributed by atoms with E-state index in [0.29, 0.717) is 5.75 Å². The van der Waals surface area contributed by atoms with E-state index in [2.05, 4.69) is 4.98 Å². The van der Waals surface area contributed by atoms with Gasteiger partial charge in [-0.2, -0.15) is 0 Å². The number of pyridine rings is 1. The molecule has 0 aliphatic heterocycles. The summed E-state index contributed by atoms with van der Waals surface area (Å²) in [5, 5.41) is 10.4. The number of hydrogen-bond donors (Lipinski definition) is 1. The van der Waals surface area contributed by atoms with Gasteiger partial charge in [-0.25, -0.2) is 0 Å². The van der Waals surface area contributed by atoms with Crippen LogP contribution in [-0.2, 0) is 0 Å². The molecule has 1 aromatic carbocycles. The van der Waals surface area contributed by atoms with E-state index < -0.39 is 0 Å². The second-order valence-corrected chi connectivity index (χ2v) is 3.82. The zero-order valence-corrected chi connectivity index (χ0v) is 8.78. The Bertz CT molecular complexity index is 428. The maximum absolute atomic E-state index is 9.53. The summed E-state index contributed by atoms with van der Waals surface area (Å²) < 4.78 is 0.978. The van der Waals surface area contributed by atoms with Gasteiger partial charge in [0.05, 0.1) is 0 Å². The molecular formula is C9H6NNaO. The van der Waals surface area contributed by atoms with Crippen LogP contribution in [0.15, 0.2) is 30.3 Å². The van der Waals surface area contributed by atoms with Crippen LogP contribution in [0.1, 0.15) is 0 Å². The van der Waals surface area contributed by atoms with E-state index >= 15 is 0 Å². The zero-order valence-electron chi connectivity index (χ0n) is 6.78. The predicted molar refractivity (Wildman–Crippen MR) is 48.8 cm³/mol. The van der Waals surface area contributed by atoms with Gasteiger partial charge in [0.25, 0.3) is 0 Å². The van der Waals surface area contributed by atoms with Crippen molar-refractivity contribution in [1.82, 2.24) is 4.98 Å². The van der Waals surface area contributed by atoms with Gasteiger partial charge in [-0.15, -0.1) is 0 Å². The van der Waals surface area contributed by atoms with Gasteiger partial charge in [-0.3, -0.25) is 0 Å². The van der Waals surface area contributed by atoms with Gasteiger partial charge in [-0.1, -0.05) is 0 Å². The van der Waals surface area contributed by atoms with Crippen LogP contribution >= 0.6 is 0 Å². The molecule has 12 heavy (non-hydrogen) atoms. The van der Waals surface area contributed by atoms with Crippen molar-refractivity contribution in [1.29, 1.82) is 0 Å². The number of nitrogens with zero attached hydrogens (tertiary/aromatic N) is 1. The molecular weight excluding hydrogens is 161 g/mol. The number of aromatic nitrogens is 1. The van der Waals surface area contributed by atoms with Crippen LogP contribution in [0.2, 0.25) is 0 Å². The fourth-order valence-corrected chi connectivity index (χ4v) is 1.80. The molecule has 3 heteroatoms. The summed E-state index contributed by atoms with van der Waals surface area (Å²) in [4.78, 5) is 4.34. The number of hydrogen-bond acceptors (Lipinski definition) is 2. The quantitative estimate of drug-likeness (QED) is 0.587.